The van der Waals surface area contributed by atoms with Crippen molar-refractivity contribution in [3.8, 4) is 11.4 Å². The average Bonchev–Trinajstić information content (AvgIpc) is 3.18. The summed E-state index contributed by atoms with van der Waals surface area (Å²) in [6.45, 7) is 5.65. The van der Waals surface area contributed by atoms with E-state index >= 15 is 0 Å². The number of aliphatic hydroxyl groups is 2. The van der Waals surface area contributed by atoms with Crippen molar-refractivity contribution < 1.29 is 62.5 Å². The quantitative estimate of drug-likeness (QED) is 0.316. The Kier molecular flexibility index (Phi) is 11.0. The van der Waals surface area contributed by atoms with Crippen LogP contribution < -0.4 is 34.7 Å². The molecule has 2 aromatic carbocycles. The van der Waals surface area contributed by atoms with Gasteiger partial charge < -0.3 is 24.7 Å². The summed E-state index contributed by atoms with van der Waals surface area (Å²) < 4.78 is 42.5. The third-order valence-electron chi connectivity index (χ3n) is 5.84. The molecule has 37 heavy (non-hydrogen) atoms. The Morgan fingerprint density at radius 3 is 2.19 bits per heavy atom. The Morgan fingerprint density at radius 2 is 1.65 bits per heavy atom. The molecule has 194 valence electrons. The molecular weight excluding hydrogens is 510 g/mol. The van der Waals surface area contributed by atoms with Gasteiger partial charge in [0.2, 0.25) is 9.84 Å². The minimum Gasteiger partial charge on any atom is -0.550 e. The summed E-state index contributed by atoms with van der Waals surface area (Å²) in [5.74, 6) is -1.85. The van der Waals surface area contributed by atoms with Crippen molar-refractivity contribution >= 4 is 15.8 Å². The molecule has 3 aromatic rings. The zero-order valence-electron chi connectivity index (χ0n) is 21.4. The van der Waals surface area contributed by atoms with Crippen molar-refractivity contribution in [3.63, 3.8) is 0 Å². The first kappa shape index (κ1) is 31.1. The molecule has 0 amide bonds. The van der Waals surface area contributed by atoms with Crippen LogP contribution in [0.4, 0.5) is 4.39 Å². The molecule has 0 radical (unpaired) electrons. The van der Waals surface area contributed by atoms with Crippen LogP contribution >= 0.6 is 0 Å². The van der Waals surface area contributed by atoms with Gasteiger partial charge in [0.1, 0.15) is 11.6 Å². The molecule has 0 aliphatic rings. The van der Waals surface area contributed by atoms with E-state index in [0.717, 1.165) is 5.56 Å². The number of benzene rings is 2. The number of rotatable bonds is 11. The van der Waals surface area contributed by atoms with Crippen molar-refractivity contribution in [1.29, 1.82) is 0 Å². The Labute approximate surface area is 238 Å². The van der Waals surface area contributed by atoms with Gasteiger partial charge in [-0.05, 0) is 62.1 Å². The molecule has 3 rings (SSSR count). The van der Waals surface area contributed by atoms with E-state index in [1.807, 2.05) is 20.8 Å². The third kappa shape index (κ3) is 7.72. The molecule has 0 fully saturated rings. The van der Waals surface area contributed by atoms with E-state index in [0.29, 0.717) is 17.1 Å². The van der Waals surface area contributed by atoms with E-state index < -0.39 is 40.3 Å². The van der Waals surface area contributed by atoms with E-state index in [-0.39, 0.29) is 64.8 Å². The summed E-state index contributed by atoms with van der Waals surface area (Å²) in [5, 5.41) is 30.8. The molecule has 0 bridgehead atoms. The molecule has 0 unspecified atom stereocenters. The monoisotopic (exact) mass is 540 g/mol. The number of hydrogen-bond acceptors (Lipinski definition) is 7. The summed E-state index contributed by atoms with van der Waals surface area (Å²) in [5.41, 5.74) is 1.83. The van der Waals surface area contributed by atoms with Gasteiger partial charge in [-0.15, -0.1) is 0 Å². The fraction of sp³-hybridized carbons (Fsp3) is 0.385. The van der Waals surface area contributed by atoms with Crippen LogP contribution in [0, 0.1) is 12.7 Å². The van der Waals surface area contributed by atoms with Gasteiger partial charge in [-0.2, -0.15) is 0 Å². The first-order chi connectivity index (χ1) is 16.9. The maximum Gasteiger partial charge on any atom is 1.00 e. The normalized spacial score (nSPS) is 13.3. The van der Waals surface area contributed by atoms with Crippen molar-refractivity contribution in [2.45, 2.75) is 74.6 Å². The second kappa shape index (κ2) is 13.1. The van der Waals surface area contributed by atoms with E-state index in [2.05, 4.69) is 4.98 Å². The first-order valence-electron chi connectivity index (χ1n) is 11.6. The topological polar surface area (TPSA) is 133 Å². The molecule has 2 atom stereocenters. The minimum atomic E-state index is -4.00. The van der Waals surface area contributed by atoms with E-state index in [9.17, 15) is 32.9 Å². The average molecular weight is 541 g/mol. The molecule has 11 heteroatoms. The number of aliphatic hydroxyl groups excluding tert-OH is 2. The minimum absolute atomic E-state index is 0. The van der Waals surface area contributed by atoms with Crippen LogP contribution in [-0.4, -0.2) is 46.4 Å². The van der Waals surface area contributed by atoms with Gasteiger partial charge in [-0.3, -0.25) is 0 Å². The SMILES string of the molecule is Cc1ccc(S(=O)(=O)c2nc(-c3ccc(F)cc3)n(CC[C@@H](O)C[C@@H](O)CC(=O)[O-])c2C(C)C)cc1.[Na+]. The van der Waals surface area contributed by atoms with Crippen LogP contribution in [0.2, 0.25) is 0 Å². The summed E-state index contributed by atoms with van der Waals surface area (Å²) in [4.78, 5) is 15.3. The van der Waals surface area contributed by atoms with Crippen LogP contribution in [0.3, 0.4) is 0 Å². The van der Waals surface area contributed by atoms with Crippen LogP contribution in [0.15, 0.2) is 58.5 Å². The van der Waals surface area contributed by atoms with Gasteiger partial charge in [0.15, 0.2) is 5.03 Å². The standard InChI is InChI=1S/C26H31FN2O6S.Na/c1-16(2)24-26(36(34,35)22-10-4-17(3)5-11-22)28-25(18-6-8-19(27)9-7-18)29(24)13-12-20(30)14-21(31)15-23(32)33;/h4-11,16,20-21,30-31H,12-15H2,1-3H3,(H,32,33);/q;+1/p-1/t20-,21-;/m1./s1. The smallest absolute Gasteiger partial charge is 0.550 e. The predicted molar refractivity (Wildman–Crippen MR) is 129 cm³/mol. The fourth-order valence-electron chi connectivity index (χ4n) is 4.06. The molecular formula is C26H30FN2NaO6S. The zero-order chi connectivity index (χ0) is 26.6. The van der Waals surface area contributed by atoms with E-state index in [4.69, 9.17) is 0 Å². The van der Waals surface area contributed by atoms with Crippen LogP contribution in [0.25, 0.3) is 11.4 Å². The molecule has 0 spiro atoms. The summed E-state index contributed by atoms with van der Waals surface area (Å²) in [6, 6.07) is 12.0. The summed E-state index contributed by atoms with van der Waals surface area (Å²) in [7, 11) is -4.00. The Bertz CT molecular complexity index is 1310. The number of aryl methyl sites for hydroxylation is 1. The van der Waals surface area contributed by atoms with Gasteiger partial charge in [0.05, 0.1) is 22.8 Å². The summed E-state index contributed by atoms with van der Waals surface area (Å²) in [6.07, 6.45) is -3.01. The second-order valence-corrected chi connectivity index (χ2v) is 11.0. The Balaban J connectivity index is 0.00000481. The molecule has 8 nitrogen and oxygen atoms in total. The van der Waals surface area contributed by atoms with E-state index in [1.165, 1.54) is 36.4 Å². The first-order valence-corrected chi connectivity index (χ1v) is 13.1. The molecule has 0 saturated carbocycles. The third-order valence-corrected chi connectivity index (χ3v) is 7.54. The maximum atomic E-state index is 13.6. The van der Waals surface area contributed by atoms with Crippen LogP contribution in [-0.2, 0) is 21.2 Å². The van der Waals surface area contributed by atoms with Gasteiger partial charge >= 0.3 is 29.6 Å². The van der Waals surface area contributed by atoms with E-state index in [1.54, 1.807) is 16.7 Å². The number of halogens is 1. The van der Waals surface area contributed by atoms with Crippen LogP contribution in [0.5, 0.6) is 0 Å². The Hall–Kier alpha value is -2.08. The number of carboxylic acids is 1. The van der Waals surface area contributed by atoms with Crippen molar-refractivity contribution in [3.05, 3.63) is 65.6 Å². The van der Waals surface area contributed by atoms with Gasteiger partial charge in [-0.25, -0.2) is 17.8 Å². The number of carbonyl (C=O) groups excluding carboxylic acids is 1. The van der Waals surface area contributed by atoms with Gasteiger partial charge in [0, 0.05) is 24.5 Å². The van der Waals surface area contributed by atoms with Crippen LogP contribution in [0.1, 0.15) is 50.3 Å². The van der Waals surface area contributed by atoms with Crippen molar-refractivity contribution in [2.75, 3.05) is 0 Å². The molecule has 0 aliphatic heterocycles. The summed E-state index contributed by atoms with van der Waals surface area (Å²) >= 11 is 0. The van der Waals surface area contributed by atoms with Crippen molar-refractivity contribution in [1.82, 2.24) is 9.55 Å². The van der Waals surface area contributed by atoms with Gasteiger partial charge in [0.25, 0.3) is 0 Å². The number of sulfone groups is 1. The fourth-order valence-corrected chi connectivity index (χ4v) is 5.61. The zero-order valence-corrected chi connectivity index (χ0v) is 24.2. The largest absolute Gasteiger partial charge is 1.00 e. The Morgan fingerprint density at radius 1 is 1.05 bits per heavy atom. The number of carbonyl (C=O) groups is 1. The second-order valence-electron chi connectivity index (χ2n) is 9.16. The number of imidazole rings is 1. The molecule has 0 aliphatic carbocycles. The maximum absolute atomic E-state index is 13.6. The molecule has 2 N–H and O–H groups in total. The molecule has 1 aromatic heterocycles. The molecule has 1 heterocycles. The number of nitrogens with zero attached hydrogens (tertiary/aromatic N) is 2. The number of aromatic nitrogens is 2. The number of hydrogen-bond donors (Lipinski definition) is 2. The number of aliphatic carboxylic acids is 1. The van der Waals surface area contributed by atoms with Crippen molar-refractivity contribution in [2.24, 2.45) is 0 Å². The predicted octanol–water partition coefficient (Wildman–Crippen LogP) is -0.400. The molecule has 0 saturated heterocycles. The van der Waals surface area contributed by atoms with Gasteiger partial charge in [-0.1, -0.05) is 31.5 Å². The number of carboxylic acid groups (broad SMARTS) is 1.